The van der Waals surface area contributed by atoms with Crippen molar-refractivity contribution >= 4 is 40.7 Å². The first kappa shape index (κ1) is 21.3. The van der Waals surface area contributed by atoms with Crippen molar-refractivity contribution in [2.24, 2.45) is 0 Å². The zero-order valence-electron chi connectivity index (χ0n) is 16.2. The van der Waals surface area contributed by atoms with Gasteiger partial charge in [-0.15, -0.1) is 11.3 Å². The highest BCUT2D eigenvalue weighted by Crippen LogP contribution is 2.30. The summed E-state index contributed by atoms with van der Waals surface area (Å²) in [6.45, 7) is 1.25. The molecule has 0 bridgehead atoms. The van der Waals surface area contributed by atoms with Gasteiger partial charge in [-0.05, 0) is 18.6 Å². The van der Waals surface area contributed by atoms with Crippen molar-refractivity contribution in [2.45, 2.75) is 23.2 Å². The van der Waals surface area contributed by atoms with Crippen molar-refractivity contribution in [1.82, 2.24) is 9.88 Å². The number of hydrogen-bond donors (Lipinski definition) is 2. The molecule has 1 saturated heterocycles. The van der Waals surface area contributed by atoms with Gasteiger partial charge in [-0.2, -0.15) is 0 Å². The van der Waals surface area contributed by atoms with Crippen molar-refractivity contribution in [3.05, 3.63) is 29.3 Å². The molecule has 0 aliphatic carbocycles. The average molecular weight is 438 g/mol. The second-order valence-corrected chi connectivity index (χ2v) is 8.58. The van der Waals surface area contributed by atoms with Crippen molar-refractivity contribution in [3.8, 4) is 11.5 Å². The first-order valence-electron chi connectivity index (χ1n) is 9.08. The predicted octanol–water partition coefficient (Wildman–Crippen LogP) is 3.05. The van der Waals surface area contributed by atoms with Crippen LogP contribution >= 0.6 is 23.1 Å². The monoisotopic (exact) mass is 437 g/mol. The molecule has 10 heteroatoms. The third kappa shape index (κ3) is 5.33. The van der Waals surface area contributed by atoms with E-state index >= 15 is 0 Å². The zero-order valence-corrected chi connectivity index (χ0v) is 17.8. The molecular weight excluding hydrogens is 414 g/mol. The Morgan fingerprint density at radius 3 is 2.86 bits per heavy atom. The van der Waals surface area contributed by atoms with E-state index in [4.69, 9.17) is 14.6 Å². The first-order valence-corrected chi connectivity index (χ1v) is 11.0. The number of rotatable bonds is 10. The Labute approximate surface area is 177 Å². The van der Waals surface area contributed by atoms with Crippen LogP contribution in [0.5, 0.6) is 11.5 Å². The molecule has 3 rings (SSSR count). The summed E-state index contributed by atoms with van der Waals surface area (Å²) in [5, 5.41) is 13.8. The third-order valence-electron chi connectivity index (χ3n) is 4.64. The van der Waals surface area contributed by atoms with Gasteiger partial charge in [0.1, 0.15) is 0 Å². The average Bonchev–Trinajstić information content (AvgIpc) is 3.33. The number of amides is 1. The van der Waals surface area contributed by atoms with E-state index in [-0.39, 0.29) is 17.6 Å². The maximum absolute atomic E-state index is 12.3. The number of benzene rings is 1. The van der Waals surface area contributed by atoms with Crippen LogP contribution in [0.25, 0.3) is 0 Å². The number of thiazole rings is 1. The van der Waals surface area contributed by atoms with Gasteiger partial charge in [0.15, 0.2) is 21.5 Å². The summed E-state index contributed by atoms with van der Waals surface area (Å²) < 4.78 is 11.3. The lowest BCUT2D eigenvalue weighted by Crippen LogP contribution is -2.39. The number of carboxylic acids is 1. The van der Waals surface area contributed by atoms with E-state index in [2.05, 4.69) is 10.3 Å². The number of anilines is 1. The van der Waals surface area contributed by atoms with Crippen molar-refractivity contribution in [2.75, 3.05) is 38.4 Å². The van der Waals surface area contributed by atoms with Crippen LogP contribution < -0.4 is 14.8 Å². The molecule has 1 amide bonds. The minimum atomic E-state index is -1.02. The Hall–Kier alpha value is -2.46. The van der Waals surface area contributed by atoms with E-state index in [1.54, 1.807) is 14.2 Å². The summed E-state index contributed by atoms with van der Waals surface area (Å²) in [7, 11) is 3.19. The molecule has 0 saturated carbocycles. The van der Waals surface area contributed by atoms with Crippen molar-refractivity contribution < 1.29 is 24.2 Å². The predicted molar refractivity (Wildman–Crippen MR) is 113 cm³/mol. The van der Waals surface area contributed by atoms with E-state index in [0.29, 0.717) is 41.1 Å². The van der Waals surface area contributed by atoms with Crippen LogP contribution in [0.1, 0.15) is 23.3 Å². The fraction of sp³-hybridized carbons (Fsp3) is 0.421. The summed E-state index contributed by atoms with van der Waals surface area (Å²) in [6, 6.07) is 5.75. The van der Waals surface area contributed by atoms with Crippen LogP contribution in [-0.4, -0.2) is 66.0 Å². The minimum Gasteiger partial charge on any atom is -0.493 e. The van der Waals surface area contributed by atoms with Gasteiger partial charge in [-0.3, -0.25) is 4.79 Å². The molecule has 1 aliphatic heterocycles. The second-order valence-electron chi connectivity index (χ2n) is 6.38. The highest BCUT2D eigenvalue weighted by molar-refractivity contribution is 8.01. The number of likely N-dealkylation sites (tertiary alicyclic amines) is 1. The van der Waals surface area contributed by atoms with E-state index in [0.717, 1.165) is 12.1 Å². The Balaban J connectivity index is 1.52. The summed E-state index contributed by atoms with van der Waals surface area (Å²) in [4.78, 5) is 29.1. The van der Waals surface area contributed by atoms with Crippen LogP contribution in [0.3, 0.4) is 0 Å². The fourth-order valence-electron chi connectivity index (χ4n) is 3.15. The topological polar surface area (TPSA) is 101 Å². The Morgan fingerprint density at radius 1 is 1.38 bits per heavy atom. The summed E-state index contributed by atoms with van der Waals surface area (Å²) in [5.41, 5.74) is 0.965. The van der Waals surface area contributed by atoms with Gasteiger partial charge in [0, 0.05) is 48.4 Å². The summed E-state index contributed by atoms with van der Waals surface area (Å²) in [5.74, 6) is 1.11. The SMILES string of the molecule is COc1ccc(NC[C@H]2CCC(=O)N2CCSc2nc(C(=O)O)cs2)cc1OC. The van der Waals surface area contributed by atoms with Crippen LogP contribution in [0.15, 0.2) is 27.9 Å². The number of nitrogens with one attached hydrogen (secondary N) is 1. The number of hydrogen-bond acceptors (Lipinski definition) is 8. The maximum atomic E-state index is 12.3. The third-order valence-corrected chi connectivity index (χ3v) is 6.64. The zero-order chi connectivity index (χ0) is 20.8. The van der Waals surface area contributed by atoms with Crippen molar-refractivity contribution in [1.29, 1.82) is 0 Å². The van der Waals surface area contributed by atoms with Crippen molar-refractivity contribution in [3.63, 3.8) is 0 Å². The second kappa shape index (κ2) is 9.84. The van der Waals surface area contributed by atoms with E-state index in [1.807, 2.05) is 23.1 Å². The lowest BCUT2D eigenvalue weighted by atomic mass is 10.2. The van der Waals surface area contributed by atoms with Crippen LogP contribution in [0.2, 0.25) is 0 Å². The molecule has 2 aromatic rings. The molecule has 2 N–H and O–H groups in total. The molecule has 156 valence electrons. The number of carbonyl (C=O) groups is 2. The molecule has 2 heterocycles. The molecule has 1 atom stereocenters. The summed E-state index contributed by atoms with van der Waals surface area (Å²) in [6.07, 6.45) is 1.35. The van der Waals surface area contributed by atoms with Gasteiger partial charge in [-0.1, -0.05) is 11.8 Å². The standard InChI is InChI=1S/C19H23N3O5S2/c1-26-15-5-3-12(9-16(15)27-2)20-10-13-4-6-17(23)22(13)7-8-28-19-21-14(11-29-19)18(24)25/h3,5,9,11,13,20H,4,6-8,10H2,1-2H3,(H,24,25)/t13-/m1/s1. The molecule has 29 heavy (non-hydrogen) atoms. The van der Waals surface area contributed by atoms with Gasteiger partial charge in [0.2, 0.25) is 5.91 Å². The van der Waals surface area contributed by atoms with Crippen LogP contribution in [-0.2, 0) is 4.79 Å². The van der Waals surface area contributed by atoms with Gasteiger partial charge in [-0.25, -0.2) is 9.78 Å². The number of aromatic carboxylic acids is 1. The van der Waals surface area contributed by atoms with Gasteiger partial charge < -0.3 is 24.8 Å². The quantitative estimate of drug-likeness (QED) is 0.547. The number of methoxy groups -OCH3 is 2. The molecule has 0 spiro atoms. The number of aromatic nitrogens is 1. The molecule has 0 unspecified atom stereocenters. The molecule has 0 radical (unpaired) electrons. The molecule has 1 aromatic heterocycles. The maximum Gasteiger partial charge on any atom is 0.355 e. The minimum absolute atomic E-state index is 0.0618. The normalized spacial score (nSPS) is 16.1. The number of thioether (sulfide) groups is 1. The van der Waals surface area contributed by atoms with Crippen LogP contribution in [0.4, 0.5) is 5.69 Å². The lowest BCUT2D eigenvalue weighted by Gasteiger charge is -2.25. The summed E-state index contributed by atoms with van der Waals surface area (Å²) >= 11 is 2.78. The number of carbonyl (C=O) groups excluding carboxylic acids is 1. The molecule has 1 aliphatic rings. The number of nitrogens with zero attached hydrogens (tertiary/aromatic N) is 2. The molecule has 1 fully saturated rings. The smallest absolute Gasteiger partial charge is 0.355 e. The molecule has 8 nitrogen and oxygen atoms in total. The van der Waals surface area contributed by atoms with Gasteiger partial charge >= 0.3 is 5.97 Å². The highest BCUT2D eigenvalue weighted by atomic mass is 32.2. The molecule has 1 aromatic carbocycles. The van der Waals surface area contributed by atoms with E-state index < -0.39 is 5.97 Å². The Morgan fingerprint density at radius 2 is 2.17 bits per heavy atom. The number of ether oxygens (including phenoxy) is 2. The van der Waals surface area contributed by atoms with Gasteiger partial charge in [0.05, 0.1) is 14.2 Å². The lowest BCUT2D eigenvalue weighted by molar-refractivity contribution is -0.128. The first-order chi connectivity index (χ1) is 14.0. The van der Waals surface area contributed by atoms with Crippen LogP contribution in [0, 0.1) is 0 Å². The molecular formula is C19H23N3O5S2. The number of carboxylic acid groups (broad SMARTS) is 1. The Bertz CT molecular complexity index is 873. The largest absolute Gasteiger partial charge is 0.493 e. The van der Waals surface area contributed by atoms with E-state index in [9.17, 15) is 9.59 Å². The highest BCUT2D eigenvalue weighted by Gasteiger charge is 2.30. The van der Waals surface area contributed by atoms with Gasteiger partial charge in [0.25, 0.3) is 0 Å². The fourth-order valence-corrected chi connectivity index (χ4v) is 4.96. The van der Waals surface area contributed by atoms with E-state index in [1.165, 1.54) is 28.5 Å². The Kier molecular flexibility index (Phi) is 7.21.